The van der Waals surface area contributed by atoms with Gasteiger partial charge in [-0.15, -0.1) is 0 Å². The molecule has 1 aromatic rings. The molecule has 6 heteroatoms. The smallest absolute Gasteiger partial charge is 0.183 e. The average Bonchev–Trinajstić information content (AvgIpc) is 2.68. The van der Waals surface area contributed by atoms with E-state index < -0.39 is 0 Å². The zero-order chi connectivity index (χ0) is 11.6. The van der Waals surface area contributed by atoms with Gasteiger partial charge in [-0.05, 0) is 29.4 Å². The van der Waals surface area contributed by atoms with Crippen molar-refractivity contribution in [2.45, 2.75) is 49.8 Å². The molecular formula is C10H18N2S4. The highest BCUT2D eigenvalue weighted by Gasteiger charge is 1.98. The lowest BCUT2D eigenvalue weighted by molar-refractivity contribution is 0.627. The highest BCUT2D eigenvalue weighted by Crippen LogP contribution is 2.32. The Labute approximate surface area is 114 Å². The van der Waals surface area contributed by atoms with Gasteiger partial charge in [-0.3, -0.25) is 5.10 Å². The van der Waals surface area contributed by atoms with Gasteiger partial charge >= 0.3 is 0 Å². The van der Waals surface area contributed by atoms with E-state index in [1.807, 2.05) is 10.8 Å². The zero-order valence-corrected chi connectivity index (χ0v) is 12.8. The first-order chi connectivity index (χ1) is 7.83. The lowest BCUT2D eigenvalue weighted by atomic mass is 10.1. The lowest BCUT2D eigenvalue weighted by Gasteiger charge is -1.99. The molecule has 0 saturated heterocycles. The number of rotatable bonds is 9. The molecular weight excluding hydrogens is 276 g/mol. The summed E-state index contributed by atoms with van der Waals surface area (Å²) in [4.78, 5) is 0. The zero-order valence-electron chi connectivity index (χ0n) is 9.53. The molecule has 0 aliphatic rings. The van der Waals surface area contributed by atoms with Crippen molar-refractivity contribution in [1.29, 1.82) is 0 Å². The van der Waals surface area contributed by atoms with E-state index in [1.54, 1.807) is 22.1 Å². The molecule has 0 spiro atoms. The number of nitrogens with zero attached hydrogens (tertiary/aromatic N) is 1. The Morgan fingerprint density at radius 1 is 1.25 bits per heavy atom. The first-order valence-electron chi connectivity index (χ1n) is 5.68. The van der Waals surface area contributed by atoms with Crippen molar-refractivity contribution in [3.05, 3.63) is 3.95 Å². The van der Waals surface area contributed by atoms with Crippen LogP contribution in [0, 0.1) is 3.95 Å². The van der Waals surface area contributed by atoms with E-state index in [-0.39, 0.29) is 0 Å². The maximum absolute atomic E-state index is 4.97. The number of hydrogen-bond acceptors (Lipinski definition) is 5. The Hall–Kier alpha value is 0.480. The molecule has 0 saturated carbocycles. The molecule has 2 nitrogen and oxygen atoms in total. The third-order valence-corrected chi connectivity index (χ3v) is 5.96. The third-order valence-electron chi connectivity index (χ3n) is 2.13. The number of hydrogen-bond donors (Lipinski definition) is 1. The van der Waals surface area contributed by atoms with E-state index in [2.05, 4.69) is 17.1 Å². The Morgan fingerprint density at radius 2 is 2.00 bits per heavy atom. The van der Waals surface area contributed by atoms with Gasteiger partial charge < -0.3 is 0 Å². The summed E-state index contributed by atoms with van der Waals surface area (Å²) in [5.41, 5.74) is 0. The van der Waals surface area contributed by atoms with Crippen LogP contribution in [0.3, 0.4) is 0 Å². The van der Waals surface area contributed by atoms with Gasteiger partial charge in [0, 0.05) is 5.75 Å². The molecule has 0 amide bonds. The molecule has 16 heavy (non-hydrogen) atoms. The molecule has 0 aromatic carbocycles. The van der Waals surface area contributed by atoms with Crippen molar-refractivity contribution in [3.8, 4) is 0 Å². The van der Waals surface area contributed by atoms with Gasteiger partial charge in [-0.25, -0.2) is 0 Å². The molecule has 0 unspecified atom stereocenters. The first-order valence-corrected chi connectivity index (χ1v) is 9.22. The van der Waals surface area contributed by atoms with Crippen molar-refractivity contribution in [2.75, 3.05) is 5.75 Å². The van der Waals surface area contributed by atoms with Crippen LogP contribution in [0.5, 0.6) is 0 Å². The van der Waals surface area contributed by atoms with Crippen molar-refractivity contribution >= 4 is 45.1 Å². The highest BCUT2D eigenvalue weighted by atomic mass is 33.1. The first kappa shape index (κ1) is 14.5. The predicted molar refractivity (Wildman–Crippen MR) is 79.0 cm³/mol. The predicted octanol–water partition coefficient (Wildman–Crippen LogP) is 5.30. The van der Waals surface area contributed by atoms with Gasteiger partial charge in [-0.2, -0.15) is 5.10 Å². The largest absolute Gasteiger partial charge is 0.257 e. The van der Waals surface area contributed by atoms with Crippen LogP contribution >= 0.6 is 45.1 Å². The van der Waals surface area contributed by atoms with Crippen LogP contribution in [0.2, 0.25) is 0 Å². The van der Waals surface area contributed by atoms with Crippen LogP contribution in [-0.2, 0) is 0 Å². The molecule has 1 N–H and O–H groups in total. The third kappa shape index (κ3) is 6.93. The summed E-state index contributed by atoms with van der Waals surface area (Å²) in [6.07, 6.45) is 8.18. The second-order valence-electron chi connectivity index (χ2n) is 3.55. The number of unbranched alkanes of at least 4 members (excludes halogenated alkanes) is 5. The second kappa shape index (κ2) is 9.50. The molecule has 0 aliphatic carbocycles. The summed E-state index contributed by atoms with van der Waals surface area (Å²) in [6.45, 7) is 2.25. The molecule has 92 valence electrons. The normalized spacial score (nSPS) is 10.8. The van der Waals surface area contributed by atoms with Crippen LogP contribution in [-0.4, -0.2) is 16.0 Å². The highest BCUT2D eigenvalue weighted by molar-refractivity contribution is 8.77. The Kier molecular flexibility index (Phi) is 8.64. The Balaban J connectivity index is 1.90. The van der Waals surface area contributed by atoms with Gasteiger partial charge in [-0.1, -0.05) is 61.2 Å². The number of aromatic amines is 1. The fourth-order valence-corrected chi connectivity index (χ4v) is 4.80. The fourth-order valence-electron chi connectivity index (χ4n) is 1.29. The fraction of sp³-hybridized carbons (Fsp3) is 0.800. The minimum atomic E-state index is 0.766. The van der Waals surface area contributed by atoms with Gasteiger partial charge in [0.15, 0.2) is 8.29 Å². The molecule has 0 bridgehead atoms. The van der Waals surface area contributed by atoms with Crippen molar-refractivity contribution in [3.63, 3.8) is 0 Å². The van der Waals surface area contributed by atoms with Crippen LogP contribution in [0.1, 0.15) is 45.4 Å². The van der Waals surface area contributed by atoms with Crippen molar-refractivity contribution in [1.82, 2.24) is 10.2 Å². The molecule has 1 rings (SSSR count). The van der Waals surface area contributed by atoms with Crippen molar-refractivity contribution in [2.24, 2.45) is 0 Å². The maximum Gasteiger partial charge on any atom is 0.183 e. The standard InChI is InChI=1S/C10H18N2S4/c1-2-3-4-5-6-7-8-14-16-10-12-11-9(13)15-10/h2-8H2,1H3,(H,11,13). The van der Waals surface area contributed by atoms with Gasteiger partial charge in [0.25, 0.3) is 0 Å². The summed E-state index contributed by atoms with van der Waals surface area (Å²) < 4.78 is 1.81. The minimum absolute atomic E-state index is 0.766. The quantitative estimate of drug-likeness (QED) is 0.380. The van der Waals surface area contributed by atoms with E-state index in [9.17, 15) is 0 Å². The SMILES string of the molecule is CCCCCCCCSSc1n[nH]c(=S)s1. The van der Waals surface area contributed by atoms with Crippen LogP contribution in [0.25, 0.3) is 0 Å². The van der Waals surface area contributed by atoms with E-state index in [4.69, 9.17) is 12.2 Å². The number of nitrogens with one attached hydrogen (secondary N) is 1. The number of H-pyrrole nitrogens is 1. The molecule has 1 aromatic heterocycles. The van der Waals surface area contributed by atoms with Gasteiger partial charge in [0.1, 0.15) is 0 Å². The van der Waals surface area contributed by atoms with Crippen molar-refractivity contribution < 1.29 is 0 Å². The maximum atomic E-state index is 4.97. The van der Waals surface area contributed by atoms with Gasteiger partial charge in [0.05, 0.1) is 0 Å². The van der Waals surface area contributed by atoms with Crippen LogP contribution < -0.4 is 0 Å². The number of aromatic nitrogens is 2. The summed E-state index contributed by atoms with van der Waals surface area (Å²) in [5.74, 6) is 1.21. The van der Waals surface area contributed by atoms with Gasteiger partial charge in [0.2, 0.25) is 0 Å². The second-order valence-corrected chi connectivity index (χ2v) is 7.88. The van der Waals surface area contributed by atoms with E-state index >= 15 is 0 Å². The lowest BCUT2D eigenvalue weighted by Crippen LogP contribution is -1.80. The average molecular weight is 295 g/mol. The summed E-state index contributed by atoms with van der Waals surface area (Å²) in [6, 6.07) is 0. The molecule has 1 heterocycles. The molecule has 0 aliphatic heterocycles. The summed E-state index contributed by atoms with van der Waals surface area (Å²) in [7, 11) is 3.62. The summed E-state index contributed by atoms with van der Waals surface area (Å²) >= 11 is 6.52. The van der Waals surface area contributed by atoms with E-state index in [0.29, 0.717) is 0 Å². The summed E-state index contributed by atoms with van der Waals surface area (Å²) in [5, 5.41) is 6.90. The van der Waals surface area contributed by atoms with Crippen LogP contribution in [0.4, 0.5) is 0 Å². The molecule has 0 radical (unpaired) electrons. The minimum Gasteiger partial charge on any atom is -0.257 e. The monoisotopic (exact) mass is 294 g/mol. The molecule has 0 fully saturated rings. The van der Waals surface area contributed by atoms with E-state index in [0.717, 1.165) is 8.29 Å². The Bertz CT molecular complexity index is 321. The molecule has 0 atom stereocenters. The Morgan fingerprint density at radius 3 is 2.69 bits per heavy atom. The van der Waals surface area contributed by atoms with Crippen LogP contribution in [0.15, 0.2) is 4.34 Å². The van der Waals surface area contributed by atoms with E-state index in [1.165, 1.54) is 44.3 Å². The topological polar surface area (TPSA) is 28.7 Å².